The number of carboxylic acid groups (broad SMARTS) is 1. The normalized spacial score (nSPS) is 11.6. The Morgan fingerprint density at radius 1 is 1.39 bits per heavy atom. The summed E-state index contributed by atoms with van der Waals surface area (Å²) in [6.07, 6.45) is 2.73. The maximum absolute atomic E-state index is 11.7. The van der Waals surface area contributed by atoms with E-state index in [2.05, 4.69) is 11.9 Å². The second-order valence-electron chi connectivity index (χ2n) is 4.17. The molecule has 0 spiro atoms. The van der Waals surface area contributed by atoms with Crippen LogP contribution >= 0.6 is 0 Å². The molecule has 1 aromatic carbocycles. The average Bonchev–Trinajstić information content (AvgIpc) is 2.29. The molecule has 0 saturated heterocycles. The molecule has 1 unspecified atom stereocenters. The molecule has 4 nitrogen and oxygen atoms in total. The second kappa shape index (κ2) is 6.59. The number of hydrogen-bond donors (Lipinski definition) is 2. The van der Waals surface area contributed by atoms with Gasteiger partial charge in [0.25, 0.3) is 0 Å². The van der Waals surface area contributed by atoms with Crippen LogP contribution in [0.15, 0.2) is 36.9 Å². The first-order valence-electron chi connectivity index (χ1n) is 5.75. The maximum atomic E-state index is 11.7. The van der Waals surface area contributed by atoms with Crippen molar-refractivity contribution in [1.29, 1.82) is 0 Å². The molecule has 1 atom stereocenters. The van der Waals surface area contributed by atoms with Crippen molar-refractivity contribution in [2.75, 3.05) is 0 Å². The number of hydrogen-bond acceptors (Lipinski definition) is 2. The zero-order chi connectivity index (χ0) is 13.5. The smallest absolute Gasteiger partial charge is 0.335 e. The van der Waals surface area contributed by atoms with E-state index in [0.29, 0.717) is 0 Å². The number of nitrogens with one attached hydrogen (secondary N) is 1. The van der Waals surface area contributed by atoms with E-state index in [0.717, 1.165) is 12.0 Å². The Morgan fingerprint density at radius 2 is 2.00 bits per heavy atom. The monoisotopic (exact) mass is 247 g/mol. The highest BCUT2D eigenvalue weighted by molar-refractivity contribution is 5.87. The quantitative estimate of drug-likeness (QED) is 0.756. The molecule has 0 bridgehead atoms. The summed E-state index contributed by atoms with van der Waals surface area (Å²) in [4.78, 5) is 22.3. The van der Waals surface area contributed by atoms with Crippen molar-refractivity contribution in [2.24, 2.45) is 0 Å². The molecule has 2 N–H and O–H groups in total. The molecule has 1 amide bonds. The highest BCUT2D eigenvalue weighted by Crippen LogP contribution is 2.05. The van der Waals surface area contributed by atoms with Crippen LogP contribution in [-0.4, -0.2) is 23.0 Å². The van der Waals surface area contributed by atoms with Gasteiger partial charge < -0.3 is 10.4 Å². The van der Waals surface area contributed by atoms with Crippen molar-refractivity contribution in [3.8, 4) is 0 Å². The van der Waals surface area contributed by atoms with Crippen molar-refractivity contribution in [1.82, 2.24) is 5.32 Å². The Morgan fingerprint density at radius 3 is 2.50 bits per heavy atom. The lowest BCUT2D eigenvalue weighted by atomic mass is 10.1. The van der Waals surface area contributed by atoms with Crippen molar-refractivity contribution < 1.29 is 14.7 Å². The molecule has 18 heavy (non-hydrogen) atoms. The van der Waals surface area contributed by atoms with Crippen LogP contribution in [0, 0.1) is 0 Å². The standard InChI is InChI=1S/C14H17NO3/c1-3-4-10(2)15-13(16)9-11-5-7-12(8-6-11)14(17)18/h3,5-8,10H,1,4,9H2,2H3,(H,15,16)(H,17,18). The lowest BCUT2D eigenvalue weighted by Crippen LogP contribution is -2.33. The average molecular weight is 247 g/mol. The van der Waals surface area contributed by atoms with Crippen molar-refractivity contribution in [3.63, 3.8) is 0 Å². The summed E-state index contributed by atoms with van der Waals surface area (Å²) in [6.45, 7) is 5.52. The topological polar surface area (TPSA) is 66.4 Å². The minimum Gasteiger partial charge on any atom is -0.478 e. The van der Waals surface area contributed by atoms with Gasteiger partial charge in [-0.3, -0.25) is 4.79 Å². The van der Waals surface area contributed by atoms with Crippen LogP contribution in [0.2, 0.25) is 0 Å². The molecule has 96 valence electrons. The predicted molar refractivity (Wildman–Crippen MR) is 69.5 cm³/mol. The number of carbonyl (C=O) groups is 2. The first-order valence-corrected chi connectivity index (χ1v) is 5.75. The van der Waals surface area contributed by atoms with Gasteiger partial charge in [0.15, 0.2) is 0 Å². The Bertz CT molecular complexity index is 437. The fraction of sp³-hybridized carbons (Fsp3) is 0.286. The van der Waals surface area contributed by atoms with Gasteiger partial charge >= 0.3 is 5.97 Å². The van der Waals surface area contributed by atoms with Crippen molar-refractivity contribution in [3.05, 3.63) is 48.0 Å². The van der Waals surface area contributed by atoms with E-state index >= 15 is 0 Å². The summed E-state index contributed by atoms with van der Waals surface area (Å²) in [5.74, 6) is -1.04. The third-order valence-electron chi connectivity index (χ3n) is 2.49. The fourth-order valence-corrected chi connectivity index (χ4v) is 1.59. The van der Waals surface area contributed by atoms with E-state index in [9.17, 15) is 9.59 Å². The van der Waals surface area contributed by atoms with Gasteiger partial charge in [-0.25, -0.2) is 4.79 Å². The van der Waals surface area contributed by atoms with E-state index in [1.807, 2.05) is 6.92 Å². The number of carboxylic acids is 1. The van der Waals surface area contributed by atoms with E-state index in [-0.39, 0.29) is 23.9 Å². The lowest BCUT2D eigenvalue weighted by Gasteiger charge is -2.11. The first-order chi connectivity index (χ1) is 8.52. The molecular formula is C14H17NO3. The molecule has 4 heteroatoms. The van der Waals surface area contributed by atoms with Gasteiger partial charge in [0.05, 0.1) is 12.0 Å². The lowest BCUT2D eigenvalue weighted by molar-refractivity contribution is -0.121. The fourth-order valence-electron chi connectivity index (χ4n) is 1.59. The molecule has 1 rings (SSSR count). The zero-order valence-electron chi connectivity index (χ0n) is 10.3. The van der Waals surface area contributed by atoms with Crippen LogP contribution < -0.4 is 5.32 Å². The van der Waals surface area contributed by atoms with Crippen LogP contribution in [0.1, 0.15) is 29.3 Å². The summed E-state index contributed by atoms with van der Waals surface area (Å²) in [6, 6.07) is 6.37. The highest BCUT2D eigenvalue weighted by atomic mass is 16.4. The molecule has 1 aromatic rings. The third-order valence-corrected chi connectivity index (χ3v) is 2.49. The van der Waals surface area contributed by atoms with Gasteiger partial charge in [-0.05, 0) is 31.0 Å². The van der Waals surface area contributed by atoms with Crippen LogP contribution in [0.25, 0.3) is 0 Å². The molecule has 0 heterocycles. The third kappa shape index (κ3) is 4.41. The predicted octanol–water partition coefficient (Wildman–Crippen LogP) is 2.01. The molecule has 0 saturated carbocycles. The Hall–Kier alpha value is -2.10. The van der Waals surface area contributed by atoms with Crippen molar-refractivity contribution >= 4 is 11.9 Å². The molecule has 0 aliphatic carbocycles. The minimum absolute atomic E-state index is 0.0632. The van der Waals surface area contributed by atoms with E-state index < -0.39 is 5.97 Å². The molecule has 0 fully saturated rings. The van der Waals surface area contributed by atoms with Crippen LogP contribution in [0.5, 0.6) is 0 Å². The van der Waals surface area contributed by atoms with Gasteiger partial charge in [-0.1, -0.05) is 18.2 Å². The van der Waals surface area contributed by atoms with E-state index in [1.54, 1.807) is 18.2 Å². The molecule has 0 aliphatic rings. The number of rotatable bonds is 6. The van der Waals surface area contributed by atoms with Gasteiger partial charge in [0.1, 0.15) is 0 Å². The summed E-state index contributed by atoms with van der Waals surface area (Å²) in [5.41, 5.74) is 1.02. The van der Waals surface area contributed by atoms with Gasteiger partial charge in [0.2, 0.25) is 5.91 Å². The highest BCUT2D eigenvalue weighted by Gasteiger charge is 2.08. The Balaban J connectivity index is 2.54. The van der Waals surface area contributed by atoms with Crippen molar-refractivity contribution in [2.45, 2.75) is 25.8 Å². The number of aromatic carboxylic acids is 1. The second-order valence-corrected chi connectivity index (χ2v) is 4.17. The zero-order valence-corrected chi connectivity index (χ0v) is 10.3. The SMILES string of the molecule is C=CCC(C)NC(=O)Cc1ccc(C(=O)O)cc1. The molecule has 0 radical (unpaired) electrons. The Kier molecular flexibility index (Phi) is 5.11. The summed E-state index contributed by atoms with van der Waals surface area (Å²) < 4.78 is 0. The van der Waals surface area contributed by atoms with Gasteiger partial charge in [-0.15, -0.1) is 6.58 Å². The van der Waals surface area contributed by atoms with Crippen LogP contribution in [0.3, 0.4) is 0 Å². The van der Waals surface area contributed by atoms with E-state index in [1.165, 1.54) is 12.1 Å². The van der Waals surface area contributed by atoms with Gasteiger partial charge in [-0.2, -0.15) is 0 Å². The maximum Gasteiger partial charge on any atom is 0.335 e. The first kappa shape index (κ1) is 14.0. The largest absolute Gasteiger partial charge is 0.478 e. The van der Waals surface area contributed by atoms with Crippen LogP contribution in [0.4, 0.5) is 0 Å². The summed E-state index contributed by atoms with van der Waals surface area (Å²) in [5, 5.41) is 11.6. The number of amides is 1. The van der Waals surface area contributed by atoms with Gasteiger partial charge in [0, 0.05) is 6.04 Å². The van der Waals surface area contributed by atoms with Crippen LogP contribution in [-0.2, 0) is 11.2 Å². The number of carbonyl (C=O) groups excluding carboxylic acids is 1. The summed E-state index contributed by atoms with van der Waals surface area (Å²) >= 11 is 0. The molecular weight excluding hydrogens is 230 g/mol. The Labute approximate surface area is 106 Å². The minimum atomic E-state index is -0.967. The molecule has 0 aliphatic heterocycles. The van der Waals surface area contributed by atoms with E-state index in [4.69, 9.17) is 5.11 Å². The molecule has 0 aromatic heterocycles. The number of benzene rings is 1. The summed E-state index contributed by atoms with van der Waals surface area (Å²) in [7, 11) is 0.